The summed E-state index contributed by atoms with van der Waals surface area (Å²) in [5, 5.41) is 3.10. The highest BCUT2D eigenvalue weighted by molar-refractivity contribution is 7.15. The highest BCUT2D eigenvalue weighted by Crippen LogP contribution is 2.39. The van der Waals surface area contributed by atoms with Gasteiger partial charge in [-0.05, 0) is 93.3 Å². The van der Waals surface area contributed by atoms with Crippen LogP contribution in [-0.2, 0) is 27.2 Å². The maximum absolute atomic E-state index is 13.5. The first-order valence-electron chi connectivity index (χ1n) is 13.6. The Labute approximate surface area is 237 Å². The SMILES string of the molecule is CCOC(=O)c1c(-n2c(C)cc(/C=C3/C(=O)NC(=O)N(c4ccc(C(C)C)cc4)C3=O)c2C)sc2c1CCCC2. The molecule has 2 aliphatic rings. The number of hydrogen-bond acceptors (Lipinski definition) is 6. The summed E-state index contributed by atoms with van der Waals surface area (Å²) in [7, 11) is 0. The molecule has 5 rings (SSSR count). The van der Waals surface area contributed by atoms with Crippen LogP contribution in [0, 0.1) is 13.8 Å². The molecule has 4 amide bonds. The number of carbonyl (C=O) groups excluding carboxylic acids is 4. The van der Waals surface area contributed by atoms with Gasteiger partial charge in [-0.25, -0.2) is 14.5 Å². The number of nitrogens with zero attached hydrogens (tertiary/aromatic N) is 2. The van der Waals surface area contributed by atoms with Crippen LogP contribution in [0.3, 0.4) is 0 Å². The van der Waals surface area contributed by atoms with Gasteiger partial charge in [0.25, 0.3) is 11.8 Å². The second-order valence-corrected chi connectivity index (χ2v) is 11.6. The average molecular weight is 560 g/mol. The van der Waals surface area contributed by atoms with E-state index in [2.05, 4.69) is 19.2 Å². The molecule has 0 atom stereocenters. The smallest absolute Gasteiger partial charge is 0.341 e. The largest absolute Gasteiger partial charge is 0.462 e. The fourth-order valence-corrected chi connectivity index (χ4v) is 6.91. The fourth-order valence-electron chi connectivity index (χ4n) is 5.42. The molecule has 40 heavy (non-hydrogen) atoms. The lowest BCUT2D eigenvalue weighted by molar-refractivity contribution is -0.122. The van der Waals surface area contributed by atoms with Gasteiger partial charge in [-0.3, -0.25) is 14.9 Å². The standard InChI is InChI=1S/C31H33N3O5S/c1-6-39-30(37)26-23-9-7-8-10-25(23)40-29(26)33-18(4)15-21(19(33)5)16-24-27(35)32-31(38)34(28(24)36)22-13-11-20(12-14-22)17(2)3/h11-17H,6-10H2,1-5H3,(H,32,35,38)/b24-16-. The molecule has 1 N–H and O–H groups in total. The van der Waals surface area contributed by atoms with Gasteiger partial charge in [0.1, 0.15) is 10.6 Å². The predicted octanol–water partition coefficient (Wildman–Crippen LogP) is 6.00. The number of rotatable bonds is 6. The van der Waals surface area contributed by atoms with Gasteiger partial charge >= 0.3 is 12.0 Å². The number of aromatic nitrogens is 1. The minimum atomic E-state index is -0.779. The summed E-state index contributed by atoms with van der Waals surface area (Å²) in [4.78, 5) is 54.3. The van der Waals surface area contributed by atoms with Crippen molar-refractivity contribution in [3.8, 4) is 5.00 Å². The third-order valence-electron chi connectivity index (χ3n) is 7.53. The van der Waals surface area contributed by atoms with Gasteiger partial charge < -0.3 is 9.30 Å². The van der Waals surface area contributed by atoms with E-state index >= 15 is 0 Å². The monoisotopic (exact) mass is 559 g/mol. The maximum Gasteiger partial charge on any atom is 0.341 e. The fraction of sp³-hybridized carbons (Fsp3) is 0.355. The minimum absolute atomic E-state index is 0.135. The molecule has 0 saturated carbocycles. The normalized spacial score (nSPS) is 16.5. The molecule has 1 aliphatic carbocycles. The van der Waals surface area contributed by atoms with Crippen LogP contribution in [0.4, 0.5) is 10.5 Å². The molecule has 0 bridgehead atoms. The van der Waals surface area contributed by atoms with Crippen molar-refractivity contribution in [2.75, 3.05) is 11.5 Å². The van der Waals surface area contributed by atoms with Gasteiger partial charge in [-0.15, -0.1) is 11.3 Å². The Balaban J connectivity index is 1.56. The third-order valence-corrected chi connectivity index (χ3v) is 8.80. The van der Waals surface area contributed by atoms with Crippen molar-refractivity contribution in [3.63, 3.8) is 0 Å². The van der Waals surface area contributed by atoms with Crippen LogP contribution in [-0.4, -0.2) is 35.0 Å². The molecule has 2 aromatic heterocycles. The Kier molecular flexibility index (Phi) is 7.51. The van der Waals surface area contributed by atoms with Crippen molar-refractivity contribution in [2.45, 2.75) is 66.2 Å². The quantitative estimate of drug-likeness (QED) is 0.227. The van der Waals surface area contributed by atoms with Crippen molar-refractivity contribution in [1.82, 2.24) is 9.88 Å². The lowest BCUT2D eigenvalue weighted by Gasteiger charge is -2.26. The van der Waals surface area contributed by atoms with Crippen LogP contribution >= 0.6 is 11.3 Å². The second kappa shape index (κ2) is 10.9. The second-order valence-electron chi connectivity index (χ2n) is 10.5. The molecule has 1 aliphatic heterocycles. The number of carbonyl (C=O) groups is 4. The molecule has 208 valence electrons. The average Bonchev–Trinajstić information content (AvgIpc) is 3.42. The summed E-state index contributed by atoms with van der Waals surface area (Å²) >= 11 is 1.60. The van der Waals surface area contributed by atoms with Crippen LogP contribution in [0.25, 0.3) is 11.1 Å². The van der Waals surface area contributed by atoms with E-state index in [4.69, 9.17) is 4.74 Å². The third kappa shape index (κ3) is 4.79. The zero-order chi connectivity index (χ0) is 28.7. The Bertz CT molecular complexity index is 1560. The van der Waals surface area contributed by atoms with Crippen molar-refractivity contribution in [1.29, 1.82) is 0 Å². The molecule has 1 saturated heterocycles. The molecule has 3 aromatic rings. The molecular weight excluding hydrogens is 526 g/mol. The molecule has 9 heteroatoms. The number of urea groups is 1. The van der Waals surface area contributed by atoms with Crippen LogP contribution < -0.4 is 10.2 Å². The zero-order valence-corrected chi connectivity index (χ0v) is 24.2. The topological polar surface area (TPSA) is 97.7 Å². The van der Waals surface area contributed by atoms with E-state index in [1.165, 1.54) is 11.0 Å². The molecule has 8 nitrogen and oxygen atoms in total. The number of esters is 1. The number of hydrogen-bond donors (Lipinski definition) is 1. The van der Waals surface area contributed by atoms with E-state index in [1.807, 2.05) is 36.6 Å². The molecule has 0 unspecified atom stereocenters. The first-order chi connectivity index (χ1) is 19.1. The number of benzene rings is 1. The number of amides is 4. The van der Waals surface area contributed by atoms with E-state index in [0.29, 0.717) is 22.7 Å². The first-order valence-corrected chi connectivity index (χ1v) is 14.5. The van der Waals surface area contributed by atoms with Gasteiger partial charge in [-0.1, -0.05) is 26.0 Å². The lowest BCUT2D eigenvalue weighted by atomic mass is 9.95. The Morgan fingerprint density at radius 2 is 1.80 bits per heavy atom. The number of aryl methyl sites for hydroxylation is 2. The Hall–Kier alpha value is -3.98. The van der Waals surface area contributed by atoms with Crippen molar-refractivity contribution in [2.24, 2.45) is 0 Å². The van der Waals surface area contributed by atoms with Crippen LogP contribution in [0.5, 0.6) is 0 Å². The van der Waals surface area contributed by atoms with Gasteiger partial charge in [0.15, 0.2) is 0 Å². The van der Waals surface area contributed by atoms with E-state index in [1.54, 1.807) is 30.4 Å². The number of ether oxygens (including phenoxy) is 1. The minimum Gasteiger partial charge on any atom is -0.462 e. The number of nitrogens with one attached hydrogen (secondary N) is 1. The molecule has 1 fully saturated rings. The number of barbiturate groups is 1. The van der Waals surface area contributed by atoms with Gasteiger partial charge in [0, 0.05) is 16.3 Å². The lowest BCUT2D eigenvalue weighted by Crippen LogP contribution is -2.54. The van der Waals surface area contributed by atoms with E-state index < -0.39 is 17.8 Å². The van der Waals surface area contributed by atoms with Crippen molar-refractivity contribution in [3.05, 3.63) is 74.4 Å². The predicted molar refractivity (Wildman–Crippen MR) is 155 cm³/mol. The zero-order valence-electron chi connectivity index (χ0n) is 23.4. The first kappa shape index (κ1) is 27.6. The van der Waals surface area contributed by atoms with Gasteiger partial charge in [0.2, 0.25) is 0 Å². The van der Waals surface area contributed by atoms with Gasteiger partial charge in [0.05, 0.1) is 17.9 Å². The van der Waals surface area contributed by atoms with E-state index in [-0.39, 0.29) is 18.1 Å². The summed E-state index contributed by atoms with van der Waals surface area (Å²) in [5.41, 5.74) is 5.29. The number of anilines is 1. The Morgan fingerprint density at radius 1 is 1.10 bits per heavy atom. The summed E-state index contributed by atoms with van der Waals surface area (Å²) in [6, 6.07) is 8.27. The molecule has 1 aromatic carbocycles. The number of fused-ring (bicyclic) bond motifs is 1. The van der Waals surface area contributed by atoms with Crippen molar-refractivity contribution < 1.29 is 23.9 Å². The number of thiophene rings is 1. The molecule has 3 heterocycles. The maximum atomic E-state index is 13.5. The highest BCUT2D eigenvalue weighted by atomic mass is 32.1. The highest BCUT2D eigenvalue weighted by Gasteiger charge is 2.37. The molecule has 0 radical (unpaired) electrons. The number of imide groups is 2. The summed E-state index contributed by atoms with van der Waals surface area (Å²) in [5.74, 6) is -1.46. The van der Waals surface area contributed by atoms with E-state index in [9.17, 15) is 19.2 Å². The van der Waals surface area contributed by atoms with Gasteiger partial charge in [-0.2, -0.15) is 0 Å². The summed E-state index contributed by atoms with van der Waals surface area (Å²) in [6.45, 7) is 10.0. The Morgan fingerprint density at radius 3 is 2.48 bits per heavy atom. The molecule has 0 spiro atoms. The van der Waals surface area contributed by atoms with Crippen molar-refractivity contribution >= 4 is 46.9 Å². The van der Waals surface area contributed by atoms with Crippen LogP contribution in [0.15, 0.2) is 35.9 Å². The van der Waals surface area contributed by atoms with Crippen LogP contribution in [0.1, 0.15) is 82.8 Å². The van der Waals surface area contributed by atoms with Crippen LogP contribution in [0.2, 0.25) is 0 Å². The summed E-state index contributed by atoms with van der Waals surface area (Å²) in [6.07, 6.45) is 5.41. The molecular formula is C31H33N3O5S. The summed E-state index contributed by atoms with van der Waals surface area (Å²) < 4.78 is 7.44. The van der Waals surface area contributed by atoms with E-state index in [0.717, 1.165) is 58.1 Å².